The lowest BCUT2D eigenvalue weighted by Crippen LogP contribution is -2.29. The molecule has 0 radical (unpaired) electrons. The van der Waals surface area contributed by atoms with Crippen LogP contribution in [0, 0.1) is 0 Å². The summed E-state index contributed by atoms with van der Waals surface area (Å²) in [7, 11) is 4.79. The summed E-state index contributed by atoms with van der Waals surface area (Å²) in [6.07, 6.45) is 0.945. The Morgan fingerprint density at radius 2 is 1.76 bits per heavy atom. The number of methoxy groups -OCH3 is 3. The zero-order chi connectivity index (χ0) is 15.5. The van der Waals surface area contributed by atoms with Crippen LogP contribution in [0.3, 0.4) is 0 Å². The number of nitrogens with zero attached hydrogens (tertiary/aromatic N) is 1. The van der Waals surface area contributed by atoms with Gasteiger partial charge in [0.25, 0.3) is 0 Å². The van der Waals surface area contributed by atoms with Gasteiger partial charge in [0.05, 0.1) is 19.3 Å². The molecule has 0 aliphatic heterocycles. The van der Waals surface area contributed by atoms with Crippen molar-refractivity contribution in [3.8, 4) is 0 Å². The molecule has 0 atom stereocenters. The van der Waals surface area contributed by atoms with E-state index in [-0.39, 0.29) is 5.97 Å². The first-order valence-electron chi connectivity index (χ1n) is 7.09. The van der Waals surface area contributed by atoms with E-state index >= 15 is 0 Å². The van der Waals surface area contributed by atoms with Gasteiger partial charge in [0.15, 0.2) is 0 Å². The van der Waals surface area contributed by atoms with E-state index in [2.05, 4.69) is 4.90 Å². The molecule has 0 N–H and O–H groups in total. The van der Waals surface area contributed by atoms with Gasteiger partial charge in [-0.25, -0.2) is 4.79 Å². The first-order valence-corrected chi connectivity index (χ1v) is 7.09. The fourth-order valence-corrected chi connectivity index (χ4v) is 2.13. The second-order valence-corrected chi connectivity index (χ2v) is 4.76. The van der Waals surface area contributed by atoms with Gasteiger partial charge in [0, 0.05) is 40.5 Å². The molecule has 0 aromatic heterocycles. The Morgan fingerprint density at radius 1 is 1.05 bits per heavy atom. The molecule has 0 bridgehead atoms. The Balaban J connectivity index is 2.74. The third-order valence-electron chi connectivity index (χ3n) is 3.25. The largest absolute Gasteiger partial charge is 0.465 e. The number of benzene rings is 1. The monoisotopic (exact) mass is 295 g/mol. The summed E-state index contributed by atoms with van der Waals surface area (Å²) in [6, 6.07) is 7.54. The van der Waals surface area contributed by atoms with Gasteiger partial charge in [-0.05, 0) is 18.1 Å². The van der Waals surface area contributed by atoms with Crippen molar-refractivity contribution in [3.05, 3.63) is 35.4 Å². The highest BCUT2D eigenvalue weighted by atomic mass is 16.5. The summed E-state index contributed by atoms with van der Waals surface area (Å²) >= 11 is 0. The maximum Gasteiger partial charge on any atom is 0.338 e. The van der Waals surface area contributed by atoms with E-state index in [1.807, 2.05) is 18.2 Å². The van der Waals surface area contributed by atoms with E-state index in [1.54, 1.807) is 20.3 Å². The van der Waals surface area contributed by atoms with Gasteiger partial charge in [-0.2, -0.15) is 0 Å². The Morgan fingerprint density at radius 3 is 2.43 bits per heavy atom. The average molecular weight is 295 g/mol. The van der Waals surface area contributed by atoms with Gasteiger partial charge in [0.1, 0.15) is 0 Å². The first kappa shape index (κ1) is 17.6. The van der Waals surface area contributed by atoms with E-state index < -0.39 is 0 Å². The van der Waals surface area contributed by atoms with E-state index in [0.29, 0.717) is 18.7 Å². The molecule has 0 aliphatic rings. The number of ether oxygens (including phenoxy) is 3. The third-order valence-corrected chi connectivity index (χ3v) is 3.25. The summed E-state index contributed by atoms with van der Waals surface area (Å²) in [5.41, 5.74) is 1.59. The van der Waals surface area contributed by atoms with Gasteiger partial charge < -0.3 is 14.2 Å². The molecule has 0 amide bonds. The van der Waals surface area contributed by atoms with Crippen LogP contribution in [0.15, 0.2) is 24.3 Å². The Labute approximate surface area is 126 Å². The third kappa shape index (κ3) is 6.25. The predicted molar refractivity (Wildman–Crippen MR) is 81.4 cm³/mol. The number of hydrogen-bond acceptors (Lipinski definition) is 5. The van der Waals surface area contributed by atoms with Crippen LogP contribution in [-0.4, -0.2) is 58.5 Å². The minimum Gasteiger partial charge on any atom is -0.465 e. The second kappa shape index (κ2) is 10.3. The maximum absolute atomic E-state index is 11.8. The van der Waals surface area contributed by atoms with Crippen molar-refractivity contribution in [2.75, 3.05) is 47.6 Å². The minimum atomic E-state index is -0.297. The highest BCUT2D eigenvalue weighted by Gasteiger charge is 2.14. The SMILES string of the molecule is COCCCN(CCOC)Cc1ccccc1C(=O)OC. The van der Waals surface area contributed by atoms with Crippen molar-refractivity contribution in [2.45, 2.75) is 13.0 Å². The van der Waals surface area contributed by atoms with Crippen LogP contribution in [0.5, 0.6) is 0 Å². The summed E-state index contributed by atoms with van der Waals surface area (Å²) < 4.78 is 15.1. The first-order chi connectivity index (χ1) is 10.2. The molecule has 0 aliphatic carbocycles. The van der Waals surface area contributed by atoms with Crippen molar-refractivity contribution < 1.29 is 19.0 Å². The van der Waals surface area contributed by atoms with Crippen LogP contribution in [0.2, 0.25) is 0 Å². The normalized spacial score (nSPS) is 10.9. The van der Waals surface area contributed by atoms with Gasteiger partial charge in [-0.1, -0.05) is 18.2 Å². The number of rotatable bonds is 10. The van der Waals surface area contributed by atoms with Gasteiger partial charge >= 0.3 is 5.97 Å². The molecule has 5 nitrogen and oxygen atoms in total. The Kier molecular flexibility index (Phi) is 8.66. The van der Waals surface area contributed by atoms with E-state index in [4.69, 9.17) is 14.2 Å². The maximum atomic E-state index is 11.8. The molecule has 0 heterocycles. The molecule has 0 saturated carbocycles. The minimum absolute atomic E-state index is 0.297. The van der Waals surface area contributed by atoms with E-state index in [1.165, 1.54) is 7.11 Å². The number of carbonyl (C=O) groups excluding carboxylic acids is 1. The molecular weight excluding hydrogens is 270 g/mol. The second-order valence-electron chi connectivity index (χ2n) is 4.76. The smallest absolute Gasteiger partial charge is 0.338 e. The van der Waals surface area contributed by atoms with Crippen molar-refractivity contribution >= 4 is 5.97 Å². The molecule has 0 unspecified atom stereocenters. The van der Waals surface area contributed by atoms with Crippen molar-refractivity contribution in [1.82, 2.24) is 4.90 Å². The zero-order valence-corrected chi connectivity index (χ0v) is 13.1. The quantitative estimate of drug-likeness (QED) is 0.488. The van der Waals surface area contributed by atoms with Crippen LogP contribution in [0.1, 0.15) is 22.3 Å². The van der Waals surface area contributed by atoms with Crippen molar-refractivity contribution in [2.24, 2.45) is 0 Å². The van der Waals surface area contributed by atoms with Crippen LogP contribution < -0.4 is 0 Å². The standard InChI is InChI=1S/C16H25NO4/c1-19-11-6-9-17(10-12-20-2)13-14-7-4-5-8-15(14)16(18)21-3/h4-5,7-8H,6,9-13H2,1-3H3. The van der Waals surface area contributed by atoms with E-state index in [9.17, 15) is 4.79 Å². The summed E-state index contributed by atoms with van der Waals surface area (Å²) in [5.74, 6) is -0.297. The number of hydrogen-bond donors (Lipinski definition) is 0. The topological polar surface area (TPSA) is 48.0 Å². The summed E-state index contributed by atoms with van der Waals surface area (Å²) in [5, 5.41) is 0. The van der Waals surface area contributed by atoms with Gasteiger partial charge in [-0.15, -0.1) is 0 Å². The van der Waals surface area contributed by atoms with Crippen LogP contribution in [0.4, 0.5) is 0 Å². The van der Waals surface area contributed by atoms with Crippen LogP contribution in [0.25, 0.3) is 0 Å². The molecule has 118 valence electrons. The average Bonchev–Trinajstić information content (AvgIpc) is 2.52. The van der Waals surface area contributed by atoms with E-state index in [0.717, 1.165) is 31.7 Å². The lowest BCUT2D eigenvalue weighted by Gasteiger charge is -2.23. The fraction of sp³-hybridized carbons (Fsp3) is 0.562. The van der Waals surface area contributed by atoms with Crippen molar-refractivity contribution in [1.29, 1.82) is 0 Å². The van der Waals surface area contributed by atoms with Crippen LogP contribution >= 0.6 is 0 Å². The lowest BCUT2D eigenvalue weighted by atomic mass is 10.1. The molecule has 0 saturated heterocycles. The van der Waals surface area contributed by atoms with Crippen molar-refractivity contribution in [3.63, 3.8) is 0 Å². The van der Waals surface area contributed by atoms with Crippen LogP contribution in [-0.2, 0) is 20.8 Å². The molecule has 5 heteroatoms. The van der Waals surface area contributed by atoms with Gasteiger partial charge in [0.2, 0.25) is 0 Å². The lowest BCUT2D eigenvalue weighted by molar-refractivity contribution is 0.0597. The molecule has 21 heavy (non-hydrogen) atoms. The number of carbonyl (C=O) groups is 1. The molecular formula is C16H25NO4. The molecule has 1 aromatic rings. The Bertz CT molecular complexity index is 422. The highest BCUT2D eigenvalue weighted by molar-refractivity contribution is 5.90. The zero-order valence-electron chi connectivity index (χ0n) is 13.1. The number of esters is 1. The molecule has 0 spiro atoms. The highest BCUT2D eigenvalue weighted by Crippen LogP contribution is 2.13. The molecule has 1 aromatic carbocycles. The fourth-order valence-electron chi connectivity index (χ4n) is 2.13. The summed E-state index contributed by atoms with van der Waals surface area (Å²) in [4.78, 5) is 14.1. The molecule has 0 fully saturated rings. The predicted octanol–water partition coefficient (Wildman–Crippen LogP) is 1.96. The molecule has 1 rings (SSSR count). The van der Waals surface area contributed by atoms with Gasteiger partial charge in [-0.3, -0.25) is 4.90 Å². The Hall–Kier alpha value is -1.43. The summed E-state index contributed by atoms with van der Waals surface area (Å²) in [6.45, 7) is 3.79.